The molecule has 1 aliphatic rings. The second-order valence-corrected chi connectivity index (χ2v) is 10.7. The Morgan fingerprint density at radius 2 is 1.82 bits per heavy atom. The van der Waals surface area contributed by atoms with Gasteiger partial charge in [-0.1, -0.05) is 12.1 Å². The van der Waals surface area contributed by atoms with Gasteiger partial charge in [-0.2, -0.15) is 4.31 Å². The molecule has 0 amide bonds. The smallest absolute Gasteiger partial charge is 0.244 e. The van der Waals surface area contributed by atoms with Gasteiger partial charge in [0.25, 0.3) is 0 Å². The van der Waals surface area contributed by atoms with E-state index in [9.17, 15) is 12.8 Å². The number of nitrogens with zero attached hydrogens (tertiary/aromatic N) is 3. The van der Waals surface area contributed by atoms with E-state index in [0.29, 0.717) is 36.8 Å². The van der Waals surface area contributed by atoms with Gasteiger partial charge in [0.05, 0.1) is 15.5 Å². The van der Waals surface area contributed by atoms with E-state index in [1.54, 1.807) is 24.3 Å². The molecule has 1 aromatic carbocycles. The number of sulfonamides is 1. The van der Waals surface area contributed by atoms with Crippen molar-refractivity contribution >= 4 is 38.4 Å². The molecule has 3 heterocycles. The SMILES string of the molecule is Cc1csc(-c2cc(S(=O)(=O)N3CCN(c4ccccc4F)CC3)c(C)s2)n1. The first-order chi connectivity index (χ1) is 13.4. The summed E-state index contributed by atoms with van der Waals surface area (Å²) in [5, 5.41) is 2.80. The molecule has 1 aliphatic heterocycles. The van der Waals surface area contributed by atoms with Gasteiger partial charge in [0.15, 0.2) is 0 Å². The first-order valence-corrected chi connectivity index (χ1v) is 12.0. The Morgan fingerprint density at radius 3 is 2.46 bits per heavy atom. The molecular formula is C19H20FN3O2S3. The highest BCUT2D eigenvalue weighted by Gasteiger charge is 2.31. The third-order valence-electron chi connectivity index (χ3n) is 4.75. The number of benzene rings is 1. The number of hydrogen-bond donors (Lipinski definition) is 0. The van der Waals surface area contributed by atoms with Gasteiger partial charge < -0.3 is 4.90 Å². The van der Waals surface area contributed by atoms with Crippen molar-refractivity contribution in [3.05, 3.63) is 52.1 Å². The summed E-state index contributed by atoms with van der Waals surface area (Å²) in [7, 11) is -3.59. The van der Waals surface area contributed by atoms with E-state index in [2.05, 4.69) is 4.98 Å². The van der Waals surface area contributed by atoms with E-state index in [1.165, 1.54) is 33.0 Å². The number of hydrogen-bond acceptors (Lipinski definition) is 6. The number of thiophene rings is 1. The number of aromatic nitrogens is 1. The van der Waals surface area contributed by atoms with Crippen molar-refractivity contribution in [2.24, 2.45) is 0 Å². The topological polar surface area (TPSA) is 53.5 Å². The molecule has 0 atom stereocenters. The molecule has 148 valence electrons. The Labute approximate surface area is 172 Å². The summed E-state index contributed by atoms with van der Waals surface area (Å²) in [6.07, 6.45) is 0. The number of halogens is 1. The van der Waals surface area contributed by atoms with Crippen LogP contribution in [0.25, 0.3) is 9.88 Å². The number of para-hydroxylation sites is 1. The minimum Gasteiger partial charge on any atom is -0.367 e. The van der Waals surface area contributed by atoms with Crippen LogP contribution in [0.5, 0.6) is 0 Å². The molecule has 2 aromatic heterocycles. The molecule has 28 heavy (non-hydrogen) atoms. The van der Waals surface area contributed by atoms with Gasteiger partial charge in [-0.3, -0.25) is 0 Å². The fourth-order valence-corrected chi connectivity index (χ4v) is 7.15. The molecule has 0 aliphatic carbocycles. The Morgan fingerprint density at radius 1 is 1.11 bits per heavy atom. The first kappa shape index (κ1) is 19.5. The second kappa shape index (κ2) is 7.55. The molecular weight excluding hydrogens is 417 g/mol. The number of aryl methyl sites for hydroxylation is 2. The van der Waals surface area contributed by atoms with E-state index in [1.807, 2.05) is 24.1 Å². The lowest BCUT2D eigenvalue weighted by Crippen LogP contribution is -2.48. The summed E-state index contributed by atoms with van der Waals surface area (Å²) >= 11 is 2.97. The maximum atomic E-state index is 14.0. The fraction of sp³-hybridized carbons (Fsp3) is 0.316. The van der Waals surface area contributed by atoms with E-state index < -0.39 is 10.0 Å². The standard InChI is InChI=1S/C19H20FN3O2S3/c1-13-12-26-19(21-13)17-11-18(14(2)27-17)28(24,25)23-9-7-22(8-10-23)16-6-4-3-5-15(16)20/h3-6,11-12H,7-10H2,1-2H3. The van der Waals surface area contributed by atoms with Crippen LogP contribution in [-0.4, -0.2) is 43.9 Å². The average Bonchev–Trinajstić information content (AvgIpc) is 3.28. The predicted molar refractivity (Wildman–Crippen MR) is 112 cm³/mol. The van der Waals surface area contributed by atoms with E-state index >= 15 is 0 Å². The predicted octanol–water partition coefficient (Wildman–Crippen LogP) is 4.14. The normalized spacial score (nSPS) is 15.9. The van der Waals surface area contributed by atoms with E-state index in [-0.39, 0.29) is 5.82 Å². The highest BCUT2D eigenvalue weighted by molar-refractivity contribution is 7.89. The average molecular weight is 438 g/mol. The van der Waals surface area contributed by atoms with Crippen molar-refractivity contribution < 1.29 is 12.8 Å². The van der Waals surface area contributed by atoms with Crippen molar-refractivity contribution in [3.63, 3.8) is 0 Å². The molecule has 0 spiro atoms. The van der Waals surface area contributed by atoms with Crippen molar-refractivity contribution in [2.75, 3.05) is 31.1 Å². The summed E-state index contributed by atoms with van der Waals surface area (Å²) < 4.78 is 41.9. The molecule has 0 N–H and O–H groups in total. The van der Waals surface area contributed by atoms with Crippen LogP contribution in [0.2, 0.25) is 0 Å². The Bertz CT molecular complexity index is 1100. The summed E-state index contributed by atoms with van der Waals surface area (Å²) in [5.41, 5.74) is 1.45. The van der Waals surface area contributed by atoms with Crippen molar-refractivity contribution in [1.82, 2.24) is 9.29 Å². The molecule has 0 radical (unpaired) electrons. The minimum absolute atomic E-state index is 0.282. The zero-order valence-corrected chi connectivity index (χ0v) is 18.0. The summed E-state index contributed by atoms with van der Waals surface area (Å²) in [6, 6.07) is 8.33. The van der Waals surface area contributed by atoms with Crippen molar-refractivity contribution in [3.8, 4) is 9.88 Å². The molecule has 3 aromatic rings. The summed E-state index contributed by atoms with van der Waals surface area (Å²) in [6.45, 7) is 5.34. The van der Waals surface area contributed by atoms with Crippen LogP contribution in [0, 0.1) is 19.7 Å². The fourth-order valence-electron chi connectivity index (χ4n) is 3.31. The zero-order valence-electron chi connectivity index (χ0n) is 15.6. The summed E-state index contributed by atoms with van der Waals surface area (Å²) in [4.78, 5) is 8.34. The van der Waals surface area contributed by atoms with Gasteiger partial charge in [0.1, 0.15) is 10.8 Å². The van der Waals surface area contributed by atoms with Gasteiger partial charge in [-0.15, -0.1) is 22.7 Å². The van der Waals surface area contributed by atoms with Gasteiger partial charge in [0, 0.05) is 42.1 Å². The quantitative estimate of drug-likeness (QED) is 0.616. The molecule has 4 rings (SSSR count). The Kier molecular flexibility index (Phi) is 5.26. The zero-order chi connectivity index (χ0) is 19.9. The molecule has 1 fully saturated rings. The number of rotatable bonds is 4. The van der Waals surface area contributed by atoms with Crippen LogP contribution >= 0.6 is 22.7 Å². The van der Waals surface area contributed by atoms with Gasteiger partial charge in [-0.25, -0.2) is 17.8 Å². The lowest BCUT2D eigenvalue weighted by molar-refractivity contribution is 0.383. The maximum Gasteiger partial charge on any atom is 0.244 e. The maximum absolute atomic E-state index is 14.0. The van der Waals surface area contributed by atoms with E-state index in [4.69, 9.17) is 0 Å². The van der Waals surface area contributed by atoms with Crippen LogP contribution in [0.15, 0.2) is 40.6 Å². The molecule has 5 nitrogen and oxygen atoms in total. The lowest BCUT2D eigenvalue weighted by Gasteiger charge is -2.35. The minimum atomic E-state index is -3.59. The molecule has 9 heteroatoms. The monoisotopic (exact) mass is 437 g/mol. The second-order valence-electron chi connectivity index (χ2n) is 6.67. The number of thiazole rings is 1. The van der Waals surface area contributed by atoms with Gasteiger partial charge in [0.2, 0.25) is 10.0 Å². The van der Waals surface area contributed by atoms with Crippen molar-refractivity contribution in [1.29, 1.82) is 0 Å². The van der Waals surface area contributed by atoms with Crippen molar-refractivity contribution in [2.45, 2.75) is 18.7 Å². The third-order valence-corrected chi connectivity index (χ3v) is 9.09. The van der Waals surface area contributed by atoms with E-state index in [0.717, 1.165) is 20.5 Å². The molecule has 1 saturated heterocycles. The molecule has 0 unspecified atom stereocenters. The number of anilines is 1. The van der Waals surface area contributed by atoms with Crippen LogP contribution < -0.4 is 4.90 Å². The Hall–Kier alpha value is -1.81. The third kappa shape index (κ3) is 3.59. The number of piperazine rings is 1. The summed E-state index contributed by atoms with van der Waals surface area (Å²) in [5.74, 6) is -0.282. The Balaban J connectivity index is 1.54. The van der Waals surface area contributed by atoms with Crippen LogP contribution in [0.3, 0.4) is 0 Å². The largest absolute Gasteiger partial charge is 0.367 e. The van der Waals surface area contributed by atoms with Crippen LogP contribution in [0.4, 0.5) is 10.1 Å². The molecule has 0 bridgehead atoms. The highest BCUT2D eigenvalue weighted by atomic mass is 32.2. The first-order valence-electron chi connectivity index (χ1n) is 8.89. The molecule has 0 saturated carbocycles. The van der Waals surface area contributed by atoms with Crippen LogP contribution in [0.1, 0.15) is 10.6 Å². The van der Waals surface area contributed by atoms with Crippen LogP contribution in [-0.2, 0) is 10.0 Å². The highest BCUT2D eigenvalue weighted by Crippen LogP contribution is 2.36. The van der Waals surface area contributed by atoms with Gasteiger partial charge >= 0.3 is 0 Å². The lowest BCUT2D eigenvalue weighted by atomic mass is 10.2. The van der Waals surface area contributed by atoms with Gasteiger partial charge in [-0.05, 0) is 32.0 Å².